The highest BCUT2D eigenvalue weighted by atomic mass is 19.1. The number of anilines is 3. The Kier molecular flexibility index (Phi) is 5.38. The lowest BCUT2D eigenvalue weighted by molar-refractivity contribution is 0.281. The Morgan fingerprint density at radius 1 is 1.12 bits per heavy atom. The van der Waals surface area contributed by atoms with E-state index < -0.39 is 0 Å². The molecule has 0 unspecified atom stereocenters. The maximum Gasteiger partial charge on any atom is 0.225 e. The second-order valence-corrected chi connectivity index (χ2v) is 5.99. The van der Waals surface area contributed by atoms with E-state index in [1.165, 1.54) is 6.07 Å². The minimum absolute atomic E-state index is 0.0525. The van der Waals surface area contributed by atoms with E-state index in [1.54, 1.807) is 31.3 Å². The maximum atomic E-state index is 13.8. The number of benzene rings is 1. The molecule has 0 bridgehead atoms. The van der Waals surface area contributed by atoms with Gasteiger partial charge in [-0.05, 0) is 43.7 Å². The van der Waals surface area contributed by atoms with E-state index in [2.05, 4.69) is 25.6 Å². The van der Waals surface area contributed by atoms with Gasteiger partial charge in [-0.2, -0.15) is 4.98 Å². The second kappa shape index (κ2) is 7.88. The molecule has 6 nitrogen and oxygen atoms in total. The molecular formula is C19H20FN5O. The molecule has 1 atom stereocenters. The summed E-state index contributed by atoms with van der Waals surface area (Å²) >= 11 is 0. The molecule has 3 rings (SSSR count). The number of halogens is 1. The van der Waals surface area contributed by atoms with Gasteiger partial charge < -0.3 is 15.7 Å². The first-order chi connectivity index (χ1) is 12.5. The van der Waals surface area contributed by atoms with Crippen LogP contribution in [0.25, 0.3) is 11.4 Å². The summed E-state index contributed by atoms with van der Waals surface area (Å²) in [6.07, 6.45) is 1.68. The fraction of sp³-hybridized carbons (Fsp3) is 0.211. The molecule has 0 aliphatic heterocycles. The fourth-order valence-electron chi connectivity index (χ4n) is 2.31. The standard InChI is InChI=1S/C19H20FN5O/c1-12-6-7-14(9-15(12)20)23-18-10-17(16-5-3-4-8-21-16)24-19(25-18)22-13(2)11-26/h3-10,13,26H,11H2,1-2H3,(H2,22,23,24,25)/t13-/m0/s1. The third-order valence-electron chi connectivity index (χ3n) is 3.75. The van der Waals surface area contributed by atoms with Crippen LogP contribution < -0.4 is 10.6 Å². The van der Waals surface area contributed by atoms with Crippen LogP contribution in [0.15, 0.2) is 48.7 Å². The molecule has 0 fully saturated rings. The Hall–Kier alpha value is -3.06. The molecule has 0 saturated carbocycles. The zero-order valence-corrected chi connectivity index (χ0v) is 14.6. The van der Waals surface area contributed by atoms with Crippen LogP contribution in [0.2, 0.25) is 0 Å². The molecule has 1 aromatic carbocycles. The van der Waals surface area contributed by atoms with Crippen LogP contribution in [0.3, 0.4) is 0 Å². The molecular weight excluding hydrogens is 333 g/mol. The lowest BCUT2D eigenvalue weighted by Crippen LogP contribution is -2.21. The highest BCUT2D eigenvalue weighted by Crippen LogP contribution is 2.23. The van der Waals surface area contributed by atoms with Gasteiger partial charge in [0.2, 0.25) is 5.95 Å². The highest BCUT2D eigenvalue weighted by Gasteiger charge is 2.10. The van der Waals surface area contributed by atoms with Crippen molar-refractivity contribution in [2.24, 2.45) is 0 Å². The number of aryl methyl sites for hydroxylation is 1. The highest BCUT2D eigenvalue weighted by molar-refractivity contribution is 5.65. The van der Waals surface area contributed by atoms with Crippen molar-refractivity contribution in [1.82, 2.24) is 15.0 Å². The first-order valence-electron chi connectivity index (χ1n) is 8.26. The number of rotatable bonds is 6. The van der Waals surface area contributed by atoms with Gasteiger partial charge in [0.1, 0.15) is 11.6 Å². The summed E-state index contributed by atoms with van der Waals surface area (Å²) in [5.41, 5.74) is 2.46. The van der Waals surface area contributed by atoms with E-state index in [9.17, 15) is 9.50 Å². The lowest BCUT2D eigenvalue weighted by atomic mass is 10.2. The zero-order chi connectivity index (χ0) is 18.5. The van der Waals surface area contributed by atoms with Crippen LogP contribution in [-0.2, 0) is 0 Å². The molecule has 3 N–H and O–H groups in total. The largest absolute Gasteiger partial charge is 0.394 e. The van der Waals surface area contributed by atoms with E-state index in [4.69, 9.17) is 0 Å². The van der Waals surface area contributed by atoms with Crippen LogP contribution in [-0.4, -0.2) is 32.7 Å². The summed E-state index contributed by atoms with van der Waals surface area (Å²) in [5.74, 6) is 0.558. The molecule has 0 aliphatic carbocycles. The molecule has 134 valence electrons. The monoisotopic (exact) mass is 353 g/mol. The van der Waals surface area contributed by atoms with Gasteiger partial charge in [0.05, 0.1) is 18.0 Å². The zero-order valence-electron chi connectivity index (χ0n) is 14.6. The van der Waals surface area contributed by atoms with Gasteiger partial charge in [-0.25, -0.2) is 9.37 Å². The third-order valence-corrected chi connectivity index (χ3v) is 3.75. The number of aromatic nitrogens is 3. The molecule has 7 heteroatoms. The van der Waals surface area contributed by atoms with Crippen molar-refractivity contribution in [1.29, 1.82) is 0 Å². The van der Waals surface area contributed by atoms with Crippen molar-refractivity contribution in [2.75, 3.05) is 17.2 Å². The first kappa shape index (κ1) is 17.8. The van der Waals surface area contributed by atoms with Gasteiger partial charge in [-0.15, -0.1) is 0 Å². The Bertz CT molecular complexity index is 888. The predicted molar refractivity (Wildman–Crippen MR) is 99.9 cm³/mol. The van der Waals surface area contributed by atoms with Crippen molar-refractivity contribution < 1.29 is 9.50 Å². The summed E-state index contributed by atoms with van der Waals surface area (Å²) in [6.45, 7) is 3.48. The Labute approximate surface area is 151 Å². The number of aliphatic hydroxyl groups is 1. The molecule has 0 aliphatic rings. The van der Waals surface area contributed by atoms with E-state index in [-0.39, 0.29) is 18.5 Å². The summed E-state index contributed by atoms with van der Waals surface area (Å²) in [7, 11) is 0. The second-order valence-electron chi connectivity index (χ2n) is 5.99. The number of hydrogen-bond acceptors (Lipinski definition) is 6. The molecule has 2 aromatic heterocycles. The van der Waals surface area contributed by atoms with Gasteiger partial charge in [0, 0.05) is 24.0 Å². The van der Waals surface area contributed by atoms with Crippen LogP contribution in [0.1, 0.15) is 12.5 Å². The summed E-state index contributed by atoms with van der Waals surface area (Å²) in [4.78, 5) is 13.2. The molecule has 0 spiro atoms. The Morgan fingerprint density at radius 3 is 2.65 bits per heavy atom. The number of aliphatic hydroxyl groups excluding tert-OH is 1. The Balaban J connectivity index is 1.97. The predicted octanol–water partition coefficient (Wildman–Crippen LogP) is 3.52. The minimum atomic E-state index is -0.291. The quantitative estimate of drug-likeness (QED) is 0.629. The van der Waals surface area contributed by atoms with Gasteiger partial charge in [-0.3, -0.25) is 4.98 Å². The summed E-state index contributed by atoms with van der Waals surface area (Å²) in [5, 5.41) is 15.4. The average Bonchev–Trinajstić information content (AvgIpc) is 2.65. The van der Waals surface area contributed by atoms with Crippen molar-refractivity contribution in [3.63, 3.8) is 0 Å². The minimum Gasteiger partial charge on any atom is -0.394 e. The normalized spacial score (nSPS) is 11.8. The molecule has 0 saturated heterocycles. The topological polar surface area (TPSA) is 83.0 Å². The van der Waals surface area contributed by atoms with Crippen molar-refractivity contribution in [2.45, 2.75) is 19.9 Å². The SMILES string of the molecule is Cc1ccc(Nc2cc(-c3ccccn3)nc(N[C@@H](C)CO)n2)cc1F. The maximum absolute atomic E-state index is 13.8. The molecule has 2 heterocycles. The van der Waals surface area contributed by atoms with Crippen molar-refractivity contribution >= 4 is 17.5 Å². The van der Waals surface area contributed by atoms with Crippen LogP contribution in [0.4, 0.5) is 21.8 Å². The van der Waals surface area contributed by atoms with E-state index in [0.717, 1.165) is 0 Å². The number of hydrogen-bond donors (Lipinski definition) is 3. The molecule has 26 heavy (non-hydrogen) atoms. The van der Waals surface area contributed by atoms with Gasteiger partial charge in [0.25, 0.3) is 0 Å². The summed E-state index contributed by atoms with van der Waals surface area (Å²) in [6, 6.07) is 12.0. The van der Waals surface area contributed by atoms with Gasteiger partial charge in [0.15, 0.2) is 0 Å². The number of nitrogens with zero attached hydrogens (tertiary/aromatic N) is 3. The molecule has 3 aromatic rings. The first-order valence-corrected chi connectivity index (χ1v) is 8.26. The fourth-order valence-corrected chi connectivity index (χ4v) is 2.31. The smallest absolute Gasteiger partial charge is 0.225 e. The summed E-state index contributed by atoms with van der Waals surface area (Å²) < 4.78 is 13.8. The third kappa shape index (κ3) is 4.31. The van der Waals surface area contributed by atoms with Crippen LogP contribution in [0, 0.1) is 12.7 Å². The van der Waals surface area contributed by atoms with Crippen molar-refractivity contribution in [3.05, 3.63) is 60.0 Å². The van der Waals surface area contributed by atoms with Gasteiger partial charge >= 0.3 is 0 Å². The van der Waals surface area contributed by atoms with E-state index in [1.807, 2.05) is 25.1 Å². The molecule has 0 radical (unpaired) electrons. The van der Waals surface area contributed by atoms with Crippen LogP contribution in [0.5, 0.6) is 0 Å². The number of nitrogens with one attached hydrogen (secondary N) is 2. The average molecular weight is 353 g/mol. The van der Waals surface area contributed by atoms with Gasteiger partial charge in [-0.1, -0.05) is 12.1 Å². The van der Waals surface area contributed by atoms with Crippen molar-refractivity contribution in [3.8, 4) is 11.4 Å². The Morgan fingerprint density at radius 2 is 1.96 bits per heavy atom. The molecule has 0 amide bonds. The van der Waals surface area contributed by atoms with E-state index >= 15 is 0 Å². The lowest BCUT2D eigenvalue weighted by Gasteiger charge is -2.14. The van der Waals surface area contributed by atoms with E-state index in [0.29, 0.717) is 34.4 Å². The number of pyridine rings is 1. The van der Waals surface area contributed by atoms with Crippen LogP contribution >= 0.6 is 0 Å².